The van der Waals surface area contributed by atoms with Crippen molar-refractivity contribution in [1.82, 2.24) is 0 Å². The van der Waals surface area contributed by atoms with Crippen LogP contribution in [0, 0.1) is 5.82 Å². The number of halogens is 1. The van der Waals surface area contributed by atoms with Crippen molar-refractivity contribution in [3.8, 4) is 0 Å². The third-order valence-corrected chi connectivity index (χ3v) is 10.1. The smallest absolute Gasteiger partial charge is 0.189 e. The summed E-state index contributed by atoms with van der Waals surface area (Å²) in [4.78, 5) is 10.2. The maximum atomic E-state index is 11.9. The first-order valence-corrected chi connectivity index (χ1v) is 13.3. The van der Waals surface area contributed by atoms with Crippen LogP contribution in [-0.2, 0) is 16.3 Å². The second-order valence-electron chi connectivity index (χ2n) is 5.68. The summed E-state index contributed by atoms with van der Waals surface area (Å²) in [5.41, 5.74) is 0.0962. The minimum Gasteiger partial charge on any atom is -0.345 e. The molecule has 1 aromatic carbocycles. The molecule has 7 heteroatoms. The highest BCUT2D eigenvalue weighted by Crippen LogP contribution is 2.56. The van der Waals surface area contributed by atoms with Crippen molar-refractivity contribution in [2.24, 2.45) is 0 Å². The van der Waals surface area contributed by atoms with E-state index in [9.17, 15) is 9.28 Å². The summed E-state index contributed by atoms with van der Waals surface area (Å²) in [5.74, 6) is 0.745. The second-order valence-corrected chi connectivity index (χ2v) is 12.5. The quantitative estimate of drug-likeness (QED) is 0.450. The lowest BCUT2D eigenvalue weighted by Gasteiger charge is -2.31. The lowest BCUT2D eigenvalue weighted by atomic mass is 10.1. The average molecular weight is 413 g/mol. The van der Waals surface area contributed by atoms with E-state index in [-0.39, 0.29) is 22.3 Å². The van der Waals surface area contributed by atoms with Crippen LogP contribution >= 0.6 is 28.1 Å². The molecule has 0 radical (unpaired) electrons. The Morgan fingerprint density at radius 1 is 1.38 bits per heavy atom. The van der Waals surface area contributed by atoms with Gasteiger partial charge >= 0.3 is 0 Å². The molecule has 2 nitrogen and oxygen atoms in total. The molecule has 2 unspecified atom stereocenters. The Balaban J connectivity index is 0.000000488. The molecular weight excluding hydrogens is 382 g/mol. The summed E-state index contributed by atoms with van der Waals surface area (Å²) in [6.45, 7) is 9.70. The maximum absolute atomic E-state index is 11.9. The number of rotatable bonds is 4. The van der Waals surface area contributed by atoms with Gasteiger partial charge in [0.25, 0.3) is 0 Å². The Bertz CT molecular complexity index is 500. The largest absolute Gasteiger partial charge is 0.345 e. The number of benzene rings is 1. The molecule has 0 aromatic heterocycles. The summed E-state index contributed by atoms with van der Waals surface area (Å²) in [5, 5.41) is 0. The fraction of sp³-hybridized carbons (Fsp3) is 0.647. The van der Waals surface area contributed by atoms with E-state index in [1.165, 1.54) is 12.1 Å². The molecule has 0 saturated carbocycles. The minimum atomic E-state index is -2.61. The van der Waals surface area contributed by atoms with E-state index in [0.717, 1.165) is 12.2 Å². The van der Waals surface area contributed by atoms with Gasteiger partial charge in [-0.05, 0) is 44.2 Å². The standard InChI is InChI=1S/C9H19O2PS3.C6H5F.C2H6/c1-5-7(2)12(10,13)11-8-6-14-15-9(8,3)4;7-6-4-2-1-3-5-6;1-2/h7-8H,5-6H2,1-4H3,(H,10,13);1-5H;1-2H3/t7?,8-,12?;;/m0../s1. The van der Waals surface area contributed by atoms with Gasteiger partial charge in [-0.3, -0.25) is 0 Å². The zero-order chi connectivity index (χ0) is 18.8. The van der Waals surface area contributed by atoms with Crippen LogP contribution < -0.4 is 0 Å². The third kappa shape index (κ3) is 8.68. The van der Waals surface area contributed by atoms with E-state index >= 15 is 0 Å². The lowest BCUT2D eigenvalue weighted by molar-refractivity contribution is 0.190. The van der Waals surface area contributed by atoms with Gasteiger partial charge in [-0.15, -0.1) is 0 Å². The van der Waals surface area contributed by atoms with Gasteiger partial charge < -0.3 is 9.42 Å². The Morgan fingerprint density at radius 3 is 2.25 bits per heavy atom. The molecule has 3 atom stereocenters. The van der Waals surface area contributed by atoms with Gasteiger partial charge in [-0.25, -0.2) is 4.39 Å². The number of hydrogen-bond donors (Lipinski definition) is 1. The van der Waals surface area contributed by atoms with Gasteiger partial charge in [0.2, 0.25) is 0 Å². The van der Waals surface area contributed by atoms with Gasteiger partial charge in [0.15, 0.2) is 6.49 Å². The van der Waals surface area contributed by atoms with Gasteiger partial charge in [0, 0.05) is 16.2 Å². The van der Waals surface area contributed by atoms with Crippen molar-refractivity contribution >= 4 is 39.9 Å². The van der Waals surface area contributed by atoms with Gasteiger partial charge in [-0.1, -0.05) is 67.5 Å². The molecule has 24 heavy (non-hydrogen) atoms. The predicted octanol–water partition coefficient (Wildman–Crippen LogP) is 6.50. The summed E-state index contributed by atoms with van der Waals surface area (Å²) >= 11 is 5.23. The van der Waals surface area contributed by atoms with Crippen LogP contribution in [0.5, 0.6) is 0 Å². The van der Waals surface area contributed by atoms with Crippen LogP contribution in [0.2, 0.25) is 0 Å². The van der Waals surface area contributed by atoms with Gasteiger partial charge in [-0.2, -0.15) is 0 Å². The molecule has 0 bridgehead atoms. The topological polar surface area (TPSA) is 29.5 Å². The zero-order valence-electron chi connectivity index (χ0n) is 15.4. The van der Waals surface area contributed by atoms with Crippen molar-refractivity contribution < 1.29 is 13.8 Å². The summed E-state index contributed by atoms with van der Waals surface area (Å²) in [6.07, 6.45) is 0.957. The molecule has 2 rings (SSSR count). The highest BCUT2D eigenvalue weighted by atomic mass is 33.1. The summed E-state index contributed by atoms with van der Waals surface area (Å²) < 4.78 is 17.8. The Labute approximate surface area is 159 Å². The highest BCUT2D eigenvalue weighted by Gasteiger charge is 2.41. The second kappa shape index (κ2) is 11.9. The van der Waals surface area contributed by atoms with Crippen LogP contribution in [0.1, 0.15) is 48.0 Å². The molecule has 1 N–H and O–H groups in total. The van der Waals surface area contributed by atoms with E-state index in [1.54, 1.807) is 29.0 Å². The Morgan fingerprint density at radius 2 is 1.92 bits per heavy atom. The zero-order valence-corrected chi connectivity index (χ0v) is 18.7. The van der Waals surface area contributed by atoms with Crippen molar-refractivity contribution in [3.05, 3.63) is 36.1 Å². The van der Waals surface area contributed by atoms with Crippen LogP contribution in [0.25, 0.3) is 0 Å². The maximum Gasteiger partial charge on any atom is 0.189 e. The van der Waals surface area contributed by atoms with E-state index in [1.807, 2.05) is 38.5 Å². The first-order valence-electron chi connectivity index (χ1n) is 8.21. The summed E-state index contributed by atoms with van der Waals surface area (Å²) in [6, 6.07) is 7.94. The van der Waals surface area contributed by atoms with Crippen LogP contribution in [0.15, 0.2) is 30.3 Å². The highest BCUT2D eigenvalue weighted by molar-refractivity contribution is 8.77. The van der Waals surface area contributed by atoms with E-state index in [0.29, 0.717) is 0 Å². The molecule has 0 spiro atoms. The lowest BCUT2D eigenvalue weighted by Crippen LogP contribution is -2.32. The molecular formula is C17H30FO2PS3. The van der Waals surface area contributed by atoms with Crippen molar-refractivity contribution in [1.29, 1.82) is 0 Å². The third-order valence-electron chi connectivity index (χ3n) is 3.43. The summed E-state index contributed by atoms with van der Waals surface area (Å²) in [7, 11) is 3.62. The molecule has 1 saturated heterocycles. The minimum absolute atomic E-state index is 0.0604. The molecule has 140 valence electrons. The monoisotopic (exact) mass is 412 g/mol. The van der Waals surface area contributed by atoms with Crippen LogP contribution in [0.3, 0.4) is 0 Å². The van der Waals surface area contributed by atoms with E-state index in [2.05, 4.69) is 13.8 Å². The Hall–Kier alpha value is 0.420. The Kier molecular flexibility index (Phi) is 12.1. The SMILES string of the molecule is CC.CCC(C)P(O)(=S)O[C@H]1CSSC1(C)C.Fc1ccccc1. The predicted molar refractivity (Wildman–Crippen MR) is 113 cm³/mol. The van der Waals surface area contributed by atoms with Crippen LogP contribution in [0.4, 0.5) is 4.39 Å². The number of hydrogen-bond acceptors (Lipinski definition) is 4. The fourth-order valence-electron chi connectivity index (χ4n) is 1.59. The van der Waals surface area contributed by atoms with E-state index in [4.69, 9.17) is 16.3 Å². The molecule has 1 aliphatic rings. The molecule has 1 fully saturated rings. The van der Waals surface area contributed by atoms with Gasteiger partial charge in [0.05, 0.1) is 6.10 Å². The normalized spacial score (nSPS) is 22.2. The first kappa shape index (κ1) is 24.4. The van der Waals surface area contributed by atoms with Crippen molar-refractivity contribution in [2.45, 2.75) is 64.5 Å². The molecule has 0 amide bonds. The molecule has 1 heterocycles. The van der Waals surface area contributed by atoms with E-state index < -0.39 is 6.49 Å². The molecule has 1 aliphatic heterocycles. The first-order chi connectivity index (χ1) is 11.2. The average Bonchev–Trinajstić information content (AvgIpc) is 2.88. The molecule has 0 aliphatic carbocycles. The molecule has 1 aromatic rings. The fourth-order valence-corrected chi connectivity index (χ4v) is 7.03. The van der Waals surface area contributed by atoms with Crippen LogP contribution in [-0.4, -0.2) is 27.2 Å². The van der Waals surface area contributed by atoms with Crippen molar-refractivity contribution in [2.75, 3.05) is 5.75 Å². The van der Waals surface area contributed by atoms with Crippen molar-refractivity contribution in [3.63, 3.8) is 0 Å². The van der Waals surface area contributed by atoms with Gasteiger partial charge in [0.1, 0.15) is 5.82 Å².